The maximum absolute atomic E-state index is 3.51. The summed E-state index contributed by atoms with van der Waals surface area (Å²) in [5.41, 5.74) is 0. The molecule has 1 unspecified atom stereocenters. The highest BCUT2D eigenvalue weighted by Gasteiger charge is 2.08. The molecule has 0 fully saturated rings. The molecule has 1 N–H and O–H groups in total. The summed E-state index contributed by atoms with van der Waals surface area (Å²) in [6.07, 6.45) is 2.56. The Hall–Kier alpha value is -0.0800. The van der Waals surface area contributed by atoms with Crippen LogP contribution in [0.15, 0.2) is 0 Å². The molecule has 0 aliphatic heterocycles. The zero-order valence-corrected chi connectivity index (χ0v) is 12.2. The normalized spacial score (nSPS) is 14.1. The minimum atomic E-state index is 0.693. The number of hydrogen-bond acceptors (Lipinski definition) is 2. The largest absolute Gasteiger partial charge is 0.316 e. The Morgan fingerprint density at radius 1 is 0.938 bits per heavy atom. The summed E-state index contributed by atoms with van der Waals surface area (Å²) in [6, 6.07) is 0.693. The minimum Gasteiger partial charge on any atom is -0.316 e. The van der Waals surface area contributed by atoms with E-state index in [9.17, 15) is 0 Å². The first kappa shape index (κ1) is 15.9. The zero-order valence-electron chi connectivity index (χ0n) is 12.2. The molecule has 0 rings (SSSR count). The van der Waals surface area contributed by atoms with Gasteiger partial charge in [0.05, 0.1) is 0 Å². The zero-order chi connectivity index (χ0) is 12.6. The van der Waals surface area contributed by atoms with Gasteiger partial charge in [0, 0.05) is 6.04 Å². The molecule has 1 atom stereocenters. The molecule has 0 heterocycles. The number of hydrogen-bond donors (Lipinski definition) is 1. The van der Waals surface area contributed by atoms with E-state index in [1.165, 1.54) is 19.4 Å². The average molecular weight is 228 g/mol. The fourth-order valence-electron chi connectivity index (χ4n) is 1.60. The van der Waals surface area contributed by atoms with Gasteiger partial charge in [0.1, 0.15) is 0 Å². The van der Waals surface area contributed by atoms with Crippen LogP contribution in [0.5, 0.6) is 0 Å². The molecule has 0 radical (unpaired) electrons. The molecular formula is C14H32N2. The SMILES string of the molecule is CC(C)CCN(C)C(C)CCNCC(C)C. The first-order chi connectivity index (χ1) is 7.43. The first-order valence-corrected chi connectivity index (χ1v) is 6.84. The fourth-order valence-corrected chi connectivity index (χ4v) is 1.60. The summed E-state index contributed by atoms with van der Waals surface area (Å²) in [5, 5.41) is 3.51. The quantitative estimate of drug-likeness (QED) is 0.610. The molecule has 0 aromatic rings. The van der Waals surface area contributed by atoms with Crippen molar-refractivity contribution < 1.29 is 0 Å². The van der Waals surface area contributed by atoms with Crippen LogP contribution in [0.4, 0.5) is 0 Å². The van der Waals surface area contributed by atoms with Crippen molar-refractivity contribution in [3.05, 3.63) is 0 Å². The number of nitrogens with one attached hydrogen (secondary N) is 1. The van der Waals surface area contributed by atoms with Crippen molar-refractivity contribution in [2.45, 2.75) is 53.5 Å². The van der Waals surface area contributed by atoms with Crippen LogP contribution >= 0.6 is 0 Å². The van der Waals surface area contributed by atoms with Crippen LogP contribution in [-0.4, -0.2) is 37.6 Å². The van der Waals surface area contributed by atoms with Gasteiger partial charge in [0.15, 0.2) is 0 Å². The van der Waals surface area contributed by atoms with Crippen LogP contribution < -0.4 is 5.32 Å². The summed E-state index contributed by atoms with van der Waals surface area (Å²) in [4.78, 5) is 2.48. The summed E-state index contributed by atoms with van der Waals surface area (Å²) in [5.74, 6) is 1.57. The van der Waals surface area contributed by atoms with Crippen LogP contribution in [0.2, 0.25) is 0 Å². The monoisotopic (exact) mass is 228 g/mol. The molecule has 0 aromatic carbocycles. The predicted molar refractivity (Wildman–Crippen MR) is 73.9 cm³/mol. The van der Waals surface area contributed by atoms with Crippen molar-refractivity contribution >= 4 is 0 Å². The topological polar surface area (TPSA) is 15.3 Å². The lowest BCUT2D eigenvalue weighted by Gasteiger charge is -2.25. The van der Waals surface area contributed by atoms with E-state index in [0.29, 0.717) is 6.04 Å². The Bertz CT molecular complexity index is 155. The summed E-state index contributed by atoms with van der Waals surface area (Å²) in [6.45, 7) is 14.9. The molecule has 0 aliphatic rings. The third kappa shape index (κ3) is 9.17. The standard InChI is InChI=1S/C14H32N2/c1-12(2)8-10-16(6)14(5)7-9-15-11-13(3)4/h12-15H,7-11H2,1-6H3. The molecular weight excluding hydrogens is 196 g/mol. The van der Waals surface area contributed by atoms with Crippen LogP contribution in [-0.2, 0) is 0 Å². The van der Waals surface area contributed by atoms with Gasteiger partial charge in [-0.1, -0.05) is 27.7 Å². The molecule has 0 saturated heterocycles. The molecule has 0 aliphatic carbocycles. The van der Waals surface area contributed by atoms with Gasteiger partial charge in [-0.15, -0.1) is 0 Å². The molecule has 0 amide bonds. The van der Waals surface area contributed by atoms with E-state index in [0.717, 1.165) is 24.9 Å². The number of nitrogens with zero attached hydrogens (tertiary/aromatic N) is 1. The highest BCUT2D eigenvalue weighted by Crippen LogP contribution is 2.05. The van der Waals surface area contributed by atoms with Gasteiger partial charge in [-0.05, 0) is 58.3 Å². The Morgan fingerprint density at radius 3 is 2.06 bits per heavy atom. The van der Waals surface area contributed by atoms with E-state index in [1.54, 1.807) is 0 Å². The lowest BCUT2D eigenvalue weighted by molar-refractivity contribution is 0.231. The average Bonchev–Trinajstić information content (AvgIpc) is 2.20. The van der Waals surface area contributed by atoms with E-state index in [1.807, 2.05) is 0 Å². The van der Waals surface area contributed by atoms with Gasteiger partial charge in [-0.3, -0.25) is 0 Å². The molecule has 16 heavy (non-hydrogen) atoms. The third-order valence-corrected chi connectivity index (χ3v) is 3.10. The van der Waals surface area contributed by atoms with Crippen molar-refractivity contribution in [2.24, 2.45) is 11.8 Å². The van der Waals surface area contributed by atoms with Crippen LogP contribution in [0.25, 0.3) is 0 Å². The van der Waals surface area contributed by atoms with Gasteiger partial charge >= 0.3 is 0 Å². The lowest BCUT2D eigenvalue weighted by atomic mass is 10.1. The van der Waals surface area contributed by atoms with Crippen molar-refractivity contribution in [1.82, 2.24) is 10.2 Å². The van der Waals surface area contributed by atoms with Gasteiger partial charge < -0.3 is 10.2 Å². The summed E-state index contributed by atoms with van der Waals surface area (Å²) in [7, 11) is 2.25. The van der Waals surface area contributed by atoms with Gasteiger partial charge in [-0.25, -0.2) is 0 Å². The second kappa shape index (κ2) is 9.00. The molecule has 0 spiro atoms. The highest BCUT2D eigenvalue weighted by atomic mass is 15.1. The van der Waals surface area contributed by atoms with Crippen LogP contribution in [0.3, 0.4) is 0 Å². The lowest BCUT2D eigenvalue weighted by Crippen LogP contribution is -2.34. The summed E-state index contributed by atoms with van der Waals surface area (Å²) < 4.78 is 0. The first-order valence-electron chi connectivity index (χ1n) is 6.84. The van der Waals surface area contributed by atoms with Crippen molar-refractivity contribution in [1.29, 1.82) is 0 Å². The van der Waals surface area contributed by atoms with Gasteiger partial charge in [-0.2, -0.15) is 0 Å². The molecule has 98 valence electrons. The molecule has 0 bridgehead atoms. The molecule has 2 heteroatoms. The van der Waals surface area contributed by atoms with Crippen molar-refractivity contribution in [2.75, 3.05) is 26.7 Å². The Morgan fingerprint density at radius 2 is 1.56 bits per heavy atom. The van der Waals surface area contributed by atoms with Crippen molar-refractivity contribution in [3.63, 3.8) is 0 Å². The number of rotatable bonds is 9. The second-order valence-electron chi connectivity index (χ2n) is 5.90. The summed E-state index contributed by atoms with van der Waals surface area (Å²) >= 11 is 0. The Kier molecular flexibility index (Phi) is 8.96. The maximum atomic E-state index is 3.51. The second-order valence-corrected chi connectivity index (χ2v) is 5.90. The predicted octanol–water partition coefficient (Wildman–Crippen LogP) is 2.99. The maximum Gasteiger partial charge on any atom is 0.00759 e. The van der Waals surface area contributed by atoms with E-state index >= 15 is 0 Å². The van der Waals surface area contributed by atoms with E-state index in [-0.39, 0.29) is 0 Å². The third-order valence-electron chi connectivity index (χ3n) is 3.10. The van der Waals surface area contributed by atoms with Gasteiger partial charge in [0.2, 0.25) is 0 Å². The highest BCUT2D eigenvalue weighted by molar-refractivity contribution is 4.66. The van der Waals surface area contributed by atoms with E-state index in [2.05, 4.69) is 51.9 Å². The van der Waals surface area contributed by atoms with Crippen LogP contribution in [0.1, 0.15) is 47.5 Å². The Labute approximate surface area is 103 Å². The minimum absolute atomic E-state index is 0.693. The molecule has 2 nitrogen and oxygen atoms in total. The smallest absolute Gasteiger partial charge is 0.00759 e. The van der Waals surface area contributed by atoms with E-state index < -0.39 is 0 Å². The van der Waals surface area contributed by atoms with Crippen molar-refractivity contribution in [3.8, 4) is 0 Å². The van der Waals surface area contributed by atoms with Gasteiger partial charge in [0.25, 0.3) is 0 Å². The Balaban J connectivity index is 3.51. The van der Waals surface area contributed by atoms with Crippen LogP contribution in [0, 0.1) is 11.8 Å². The molecule has 0 saturated carbocycles. The van der Waals surface area contributed by atoms with E-state index in [4.69, 9.17) is 0 Å². The fraction of sp³-hybridized carbons (Fsp3) is 1.00. The molecule has 0 aromatic heterocycles.